The highest BCUT2D eigenvalue weighted by molar-refractivity contribution is 7.17. The predicted octanol–water partition coefficient (Wildman–Crippen LogP) is 3.71. The summed E-state index contributed by atoms with van der Waals surface area (Å²) in [6, 6.07) is 7.03. The normalized spacial score (nSPS) is 12.9. The molecule has 2 amide bonds. The Labute approximate surface area is 176 Å². The summed E-state index contributed by atoms with van der Waals surface area (Å²) >= 11 is 7.34. The number of methoxy groups -OCH3 is 1. The van der Waals surface area contributed by atoms with Crippen LogP contribution in [0.3, 0.4) is 0 Å². The SMILES string of the molecule is COc1ccc(Cl)cc1-c1cc(C)ncc1C(=O)Nc1nc2c(s1)C(=O)NCC2. The van der Waals surface area contributed by atoms with Gasteiger partial charge in [0.05, 0.1) is 18.4 Å². The van der Waals surface area contributed by atoms with Crippen molar-refractivity contribution in [2.75, 3.05) is 19.0 Å². The number of benzene rings is 1. The number of nitrogens with zero attached hydrogens (tertiary/aromatic N) is 2. The molecule has 29 heavy (non-hydrogen) atoms. The molecule has 3 aromatic rings. The van der Waals surface area contributed by atoms with Crippen molar-refractivity contribution in [3.8, 4) is 16.9 Å². The number of anilines is 1. The van der Waals surface area contributed by atoms with E-state index in [4.69, 9.17) is 16.3 Å². The van der Waals surface area contributed by atoms with E-state index < -0.39 is 0 Å². The van der Waals surface area contributed by atoms with Crippen molar-refractivity contribution in [3.63, 3.8) is 0 Å². The molecular formula is C20H17ClN4O3S. The monoisotopic (exact) mass is 428 g/mol. The van der Waals surface area contributed by atoms with Crippen LogP contribution in [0.5, 0.6) is 5.75 Å². The number of thiazole rings is 1. The summed E-state index contributed by atoms with van der Waals surface area (Å²) in [5.41, 5.74) is 3.14. The minimum absolute atomic E-state index is 0.161. The summed E-state index contributed by atoms with van der Waals surface area (Å²) in [6.45, 7) is 2.39. The van der Waals surface area contributed by atoms with Crippen molar-refractivity contribution in [2.45, 2.75) is 13.3 Å². The maximum atomic E-state index is 13.0. The number of fused-ring (bicyclic) bond motifs is 1. The summed E-state index contributed by atoms with van der Waals surface area (Å²) < 4.78 is 5.45. The number of aromatic nitrogens is 2. The molecule has 9 heteroatoms. The molecule has 148 valence electrons. The number of rotatable bonds is 4. The molecule has 2 N–H and O–H groups in total. The highest BCUT2D eigenvalue weighted by Gasteiger charge is 2.24. The van der Waals surface area contributed by atoms with E-state index in [2.05, 4.69) is 20.6 Å². The minimum atomic E-state index is -0.374. The fourth-order valence-corrected chi connectivity index (χ4v) is 4.24. The Bertz CT molecular complexity index is 1130. The summed E-state index contributed by atoms with van der Waals surface area (Å²) in [5, 5.41) is 6.47. The first-order valence-electron chi connectivity index (χ1n) is 8.86. The van der Waals surface area contributed by atoms with Gasteiger partial charge < -0.3 is 10.1 Å². The van der Waals surface area contributed by atoms with E-state index >= 15 is 0 Å². The van der Waals surface area contributed by atoms with Crippen LogP contribution in [0, 0.1) is 6.92 Å². The van der Waals surface area contributed by atoms with Crippen LogP contribution in [0.25, 0.3) is 11.1 Å². The smallest absolute Gasteiger partial charge is 0.263 e. The number of nitrogens with one attached hydrogen (secondary N) is 2. The Balaban J connectivity index is 1.72. The second kappa shape index (κ2) is 7.81. The summed E-state index contributed by atoms with van der Waals surface area (Å²) in [6.07, 6.45) is 2.16. The highest BCUT2D eigenvalue weighted by Crippen LogP contribution is 2.35. The lowest BCUT2D eigenvalue weighted by atomic mass is 9.99. The van der Waals surface area contributed by atoms with E-state index in [0.29, 0.717) is 56.1 Å². The molecular weight excluding hydrogens is 412 g/mol. The first-order chi connectivity index (χ1) is 14.0. The molecule has 1 aliphatic heterocycles. The van der Waals surface area contributed by atoms with Gasteiger partial charge >= 0.3 is 0 Å². The molecule has 1 aliphatic rings. The fraction of sp³-hybridized carbons (Fsp3) is 0.200. The quantitative estimate of drug-likeness (QED) is 0.660. The summed E-state index contributed by atoms with van der Waals surface area (Å²) in [7, 11) is 1.56. The van der Waals surface area contributed by atoms with Crippen molar-refractivity contribution in [2.24, 2.45) is 0 Å². The Kier molecular flexibility index (Phi) is 5.21. The number of carbonyl (C=O) groups excluding carboxylic acids is 2. The lowest BCUT2D eigenvalue weighted by Crippen LogP contribution is -2.30. The van der Waals surface area contributed by atoms with Gasteiger partial charge in [-0.15, -0.1) is 0 Å². The molecule has 0 spiro atoms. The predicted molar refractivity (Wildman–Crippen MR) is 112 cm³/mol. The van der Waals surface area contributed by atoms with E-state index in [0.717, 1.165) is 17.0 Å². The van der Waals surface area contributed by atoms with E-state index in [1.54, 1.807) is 25.3 Å². The minimum Gasteiger partial charge on any atom is -0.496 e. The maximum Gasteiger partial charge on any atom is 0.263 e. The topological polar surface area (TPSA) is 93.2 Å². The zero-order valence-corrected chi connectivity index (χ0v) is 17.3. The summed E-state index contributed by atoms with van der Waals surface area (Å²) in [5.74, 6) is 0.0575. The van der Waals surface area contributed by atoms with Crippen LogP contribution in [-0.4, -0.2) is 35.4 Å². The van der Waals surface area contributed by atoms with Crippen LogP contribution in [0.15, 0.2) is 30.5 Å². The number of amides is 2. The van der Waals surface area contributed by atoms with E-state index in [1.165, 1.54) is 6.20 Å². The molecule has 0 aliphatic carbocycles. The van der Waals surface area contributed by atoms with Crippen LogP contribution in [-0.2, 0) is 6.42 Å². The zero-order chi connectivity index (χ0) is 20.5. The molecule has 0 unspecified atom stereocenters. The molecule has 0 saturated carbocycles. The number of halogens is 1. The molecule has 0 atom stereocenters. The van der Waals surface area contributed by atoms with E-state index in [1.807, 2.05) is 13.0 Å². The van der Waals surface area contributed by atoms with Crippen molar-refractivity contribution in [3.05, 3.63) is 57.3 Å². The number of aryl methyl sites for hydroxylation is 1. The molecule has 0 bridgehead atoms. The lowest BCUT2D eigenvalue weighted by Gasteiger charge is -2.13. The molecule has 0 radical (unpaired) electrons. The van der Waals surface area contributed by atoms with Gasteiger partial charge in [0, 0.05) is 41.0 Å². The van der Waals surface area contributed by atoms with Crippen molar-refractivity contribution < 1.29 is 14.3 Å². The van der Waals surface area contributed by atoms with Gasteiger partial charge in [0.15, 0.2) is 5.13 Å². The molecule has 3 heterocycles. The summed E-state index contributed by atoms with van der Waals surface area (Å²) in [4.78, 5) is 34.2. The Morgan fingerprint density at radius 1 is 1.31 bits per heavy atom. The van der Waals surface area contributed by atoms with E-state index in [-0.39, 0.29) is 11.8 Å². The van der Waals surface area contributed by atoms with Crippen LogP contribution in [0.4, 0.5) is 5.13 Å². The van der Waals surface area contributed by atoms with Gasteiger partial charge in [-0.2, -0.15) is 0 Å². The number of carbonyl (C=O) groups is 2. The average Bonchev–Trinajstić information content (AvgIpc) is 3.11. The number of hydrogen-bond acceptors (Lipinski definition) is 6. The van der Waals surface area contributed by atoms with Crippen molar-refractivity contribution in [1.82, 2.24) is 15.3 Å². The molecule has 4 rings (SSSR count). The Morgan fingerprint density at radius 2 is 2.14 bits per heavy atom. The third kappa shape index (κ3) is 3.81. The fourth-order valence-electron chi connectivity index (χ4n) is 3.15. The van der Waals surface area contributed by atoms with Gasteiger partial charge in [-0.3, -0.25) is 19.9 Å². The van der Waals surface area contributed by atoms with Crippen LogP contribution >= 0.6 is 22.9 Å². The number of pyridine rings is 1. The van der Waals surface area contributed by atoms with Crippen LogP contribution in [0.2, 0.25) is 5.02 Å². The first kappa shape index (κ1) is 19.4. The molecule has 7 nitrogen and oxygen atoms in total. The van der Waals surface area contributed by atoms with Gasteiger partial charge in [-0.25, -0.2) is 4.98 Å². The first-order valence-corrected chi connectivity index (χ1v) is 10.1. The van der Waals surface area contributed by atoms with Gasteiger partial charge in [-0.05, 0) is 31.2 Å². The Morgan fingerprint density at radius 3 is 2.90 bits per heavy atom. The largest absolute Gasteiger partial charge is 0.496 e. The second-order valence-corrected chi connectivity index (χ2v) is 7.91. The van der Waals surface area contributed by atoms with Crippen LogP contribution in [0.1, 0.15) is 31.4 Å². The molecule has 0 fully saturated rings. The van der Waals surface area contributed by atoms with Crippen molar-refractivity contribution in [1.29, 1.82) is 0 Å². The molecule has 2 aromatic heterocycles. The average molecular weight is 429 g/mol. The lowest BCUT2D eigenvalue weighted by molar-refractivity contribution is 0.0949. The van der Waals surface area contributed by atoms with Gasteiger partial charge in [-0.1, -0.05) is 22.9 Å². The second-order valence-electron chi connectivity index (χ2n) is 6.47. The standard InChI is InChI=1S/C20H17ClN4O3S/c1-10-7-12(13-8-11(21)3-4-16(13)28-2)14(9-23-10)18(26)25-20-24-15-5-6-22-19(27)17(15)29-20/h3-4,7-9H,5-6H2,1-2H3,(H,22,27)(H,24,25,26). The molecule has 0 saturated heterocycles. The third-order valence-corrected chi connectivity index (χ3v) is 5.76. The number of hydrogen-bond donors (Lipinski definition) is 2. The maximum absolute atomic E-state index is 13.0. The number of ether oxygens (including phenoxy) is 1. The third-order valence-electron chi connectivity index (χ3n) is 4.51. The Hall–Kier alpha value is -2.97. The van der Waals surface area contributed by atoms with Gasteiger partial charge in [0.1, 0.15) is 10.6 Å². The highest BCUT2D eigenvalue weighted by atomic mass is 35.5. The molecule has 1 aromatic carbocycles. The van der Waals surface area contributed by atoms with Gasteiger partial charge in [0.25, 0.3) is 11.8 Å². The van der Waals surface area contributed by atoms with Gasteiger partial charge in [0.2, 0.25) is 0 Å². The van der Waals surface area contributed by atoms with Crippen LogP contribution < -0.4 is 15.4 Å². The van der Waals surface area contributed by atoms with Crippen molar-refractivity contribution >= 4 is 39.9 Å². The van der Waals surface area contributed by atoms with E-state index in [9.17, 15) is 9.59 Å². The zero-order valence-electron chi connectivity index (χ0n) is 15.7.